The van der Waals surface area contributed by atoms with Crippen LogP contribution in [0.15, 0.2) is 24.3 Å². The zero-order chi connectivity index (χ0) is 13.7. The second-order valence-corrected chi connectivity index (χ2v) is 5.33. The smallest absolute Gasteiger partial charge is 0.251 e. The Balaban J connectivity index is 1.89. The van der Waals surface area contributed by atoms with Gasteiger partial charge in [-0.2, -0.15) is 0 Å². The van der Waals surface area contributed by atoms with Crippen molar-refractivity contribution in [3.8, 4) is 5.75 Å². The number of nitrogens with two attached hydrogens (primary N) is 1. The average Bonchev–Trinajstić information content (AvgIpc) is 2.46. The molecule has 0 heterocycles. The van der Waals surface area contributed by atoms with E-state index in [-0.39, 0.29) is 11.4 Å². The van der Waals surface area contributed by atoms with Crippen molar-refractivity contribution in [3.63, 3.8) is 0 Å². The van der Waals surface area contributed by atoms with E-state index in [1.807, 2.05) is 0 Å². The predicted molar refractivity (Wildman–Crippen MR) is 75.3 cm³/mol. The number of nitrogens with one attached hydrogen (secondary N) is 1. The minimum Gasteiger partial charge on any atom is -0.497 e. The minimum absolute atomic E-state index is 0.0712. The molecule has 1 fully saturated rings. The molecular formula is C15H22N2O2. The van der Waals surface area contributed by atoms with Gasteiger partial charge in [-0.1, -0.05) is 19.3 Å². The summed E-state index contributed by atoms with van der Waals surface area (Å²) in [7, 11) is 1.61. The second-order valence-electron chi connectivity index (χ2n) is 5.33. The number of carbonyl (C=O) groups is 1. The van der Waals surface area contributed by atoms with Crippen molar-refractivity contribution in [1.29, 1.82) is 0 Å². The van der Waals surface area contributed by atoms with Gasteiger partial charge in [0.05, 0.1) is 7.11 Å². The second kappa shape index (κ2) is 6.06. The molecule has 0 unspecified atom stereocenters. The molecule has 0 spiro atoms. The van der Waals surface area contributed by atoms with E-state index in [0.717, 1.165) is 31.4 Å². The van der Waals surface area contributed by atoms with Crippen LogP contribution in [-0.2, 0) is 0 Å². The Bertz CT molecular complexity index is 422. The summed E-state index contributed by atoms with van der Waals surface area (Å²) in [5, 5.41) is 2.94. The number of rotatable bonds is 4. The van der Waals surface area contributed by atoms with Crippen LogP contribution in [0.25, 0.3) is 0 Å². The zero-order valence-corrected chi connectivity index (χ0v) is 11.4. The Labute approximate surface area is 114 Å². The third-order valence-corrected chi connectivity index (χ3v) is 3.80. The first-order valence-corrected chi connectivity index (χ1v) is 6.84. The molecule has 3 N–H and O–H groups in total. The van der Waals surface area contributed by atoms with Crippen LogP contribution >= 0.6 is 0 Å². The predicted octanol–water partition coefficient (Wildman–Crippen LogP) is 2.09. The normalized spacial score (nSPS) is 17.8. The summed E-state index contributed by atoms with van der Waals surface area (Å²) in [5.74, 6) is 0.678. The minimum atomic E-state index is -0.222. The molecule has 0 atom stereocenters. The fourth-order valence-electron chi connectivity index (χ4n) is 2.53. The molecule has 0 bridgehead atoms. The van der Waals surface area contributed by atoms with Crippen LogP contribution in [0.2, 0.25) is 0 Å². The van der Waals surface area contributed by atoms with Crippen LogP contribution < -0.4 is 15.8 Å². The number of amides is 1. The fourth-order valence-corrected chi connectivity index (χ4v) is 2.53. The van der Waals surface area contributed by atoms with Gasteiger partial charge in [-0.05, 0) is 37.1 Å². The Morgan fingerprint density at radius 1 is 1.26 bits per heavy atom. The van der Waals surface area contributed by atoms with Gasteiger partial charge in [0, 0.05) is 17.6 Å². The van der Waals surface area contributed by atoms with Crippen molar-refractivity contribution in [3.05, 3.63) is 29.8 Å². The van der Waals surface area contributed by atoms with Gasteiger partial charge < -0.3 is 15.8 Å². The number of hydrogen-bond donors (Lipinski definition) is 2. The zero-order valence-electron chi connectivity index (χ0n) is 11.4. The molecule has 4 nitrogen and oxygen atoms in total. The van der Waals surface area contributed by atoms with E-state index >= 15 is 0 Å². The first-order valence-electron chi connectivity index (χ1n) is 6.84. The molecule has 0 aliphatic heterocycles. The van der Waals surface area contributed by atoms with Crippen LogP contribution in [0.3, 0.4) is 0 Å². The first kappa shape index (κ1) is 13.9. The lowest BCUT2D eigenvalue weighted by atomic mass is 9.82. The highest BCUT2D eigenvalue weighted by Gasteiger charge is 2.27. The van der Waals surface area contributed by atoms with Gasteiger partial charge >= 0.3 is 0 Å². The van der Waals surface area contributed by atoms with E-state index in [0.29, 0.717) is 12.1 Å². The molecule has 2 rings (SSSR count). The number of carbonyl (C=O) groups excluding carboxylic acids is 1. The van der Waals surface area contributed by atoms with E-state index in [9.17, 15) is 4.79 Å². The Morgan fingerprint density at radius 2 is 1.89 bits per heavy atom. The van der Waals surface area contributed by atoms with Gasteiger partial charge in [-0.25, -0.2) is 0 Å². The summed E-state index contributed by atoms with van der Waals surface area (Å²) >= 11 is 0. The molecule has 1 saturated carbocycles. The number of methoxy groups -OCH3 is 1. The fraction of sp³-hybridized carbons (Fsp3) is 0.533. The molecule has 1 aliphatic rings. The lowest BCUT2D eigenvalue weighted by Crippen LogP contribution is -2.51. The van der Waals surface area contributed by atoms with E-state index in [1.54, 1.807) is 31.4 Å². The van der Waals surface area contributed by atoms with Gasteiger partial charge in [0.15, 0.2) is 0 Å². The number of benzene rings is 1. The van der Waals surface area contributed by atoms with Crippen LogP contribution in [-0.4, -0.2) is 25.1 Å². The topological polar surface area (TPSA) is 64.3 Å². The van der Waals surface area contributed by atoms with Gasteiger partial charge in [0.2, 0.25) is 0 Å². The molecule has 1 aliphatic carbocycles. The van der Waals surface area contributed by atoms with Crippen molar-refractivity contribution in [2.24, 2.45) is 5.73 Å². The largest absolute Gasteiger partial charge is 0.497 e. The maximum absolute atomic E-state index is 12.0. The van der Waals surface area contributed by atoms with E-state index < -0.39 is 0 Å². The molecule has 104 valence electrons. The summed E-state index contributed by atoms with van der Waals surface area (Å²) in [6, 6.07) is 7.10. The molecule has 19 heavy (non-hydrogen) atoms. The van der Waals surface area contributed by atoms with Gasteiger partial charge in [0.25, 0.3) is 5.91 Å². The molecule has 1 amide bonds. The maximum atomic E-state index is 12.0. The van der Waals surface area contributed by atoms with Crippen LogP contribution in [0, 0.1) is 0 Å². The van der Waals surface area contributed by atoms with Crippen LogP contribution in [0.5, 0.6) is 5.75 Å². The Hall–Kier alpha value is -1.55. The van der Waals surface area contributed by atoms with Gasteiger partial charge in [-0.15, -0.1) is 0 Å². The van der Waals surface area contributed by atoms with Gasteiger partial charge in [-0.3, -0.25) is 4.79 Å². The third kappa shape index (κ3) is 3.70. The molecule has 0 radical (unpaired) electrons. The highest BCUT2D eigenvalue weighted by molar-refractivity contribution is 5.94. The van der Waals surface area contributed by atoms with Crippen LogP contribution in [0.1, 0.15) is 42.5 Å². The molecular weight excluding hydrogens is 240 g/mol. The SMILES string of the molecule is COc1ccc(C(=O)NCC2(N)CCCCC2)cc1. The van der Waals surface area contributed by atoms with Crippen LogP contribution in [0.4, 0.5) is 0 Å². The first-order chi connectivity index (χ1) is 9.13. The molecule has 4 heteroatoms. The quantitative estimate of drug-likeness (QED) is 0.873. The van der Waals surface area contributed by atoms with Gasteiger partial charge in [0.1, 0.15) is 5.75 Å². The van der Waals surface area contributed by atoms with E-state index in [4.69, 9.17) is 10.5 Å². The molecule has 0 aromatic heterocycles. The number of hydrogen-bond acceptors (Lipinski definition) is 3. The van der Waals surface area contributed by atoms with Crippen molar-refractivity contribution in [2.45, 2.75) is 37.6 Å². The summed E-state index contributed by atoms with van der Waals surface area (Å²) in [6.07, 6.45) is 5.57. The van der Waals surface area contributed by atoms with Crippen molar-refractivity contribution in [1.82, 2.24) is 5.32 Å². The van der Waals surface area contributed by atoms with Crippen molar-refractivity contribution >= 4 is 5.91 Å². The highest BCUT2D eigenvalue weighted by atomic mass is 16.5. The van der Waals surface area contributed by atoms with E-state index in [2.05, 4.69) is 5.32 Å². The Kier molecular flexibility index (Phi) is 4.43. The maximum Gasteiger partial charge on any atom is 0.251 e. The lowest BCUT2D eigenvalue weighted by Gasteiger charge is -2.33. The standard InChI is InChI=1S/C15H22N2O2/c1-19-13-7-5-12(6-8-13)14(18)17-11-15(16)9-3-2-4-10-15/h5-8H,2-4,9-11,16H2,1H3,(H,17,18). The Morgan fingerprint density at radius 3 is 2.47 bits per heavy atom. The highest BCUT2D eigenvalue weighted by Crippen LogP contribution is 2.25. The molecule has 1 aromatic carbocycles. The molecule has 1 aromatic rings. The summed E-state index contributed by atoms with van der Waals surface area (Å²) < 4.78 is 5.07. The third-order valence-electron chi connectivity index (χ3n) is 3.80. The van der Waals surface area contributed by atoms with E-state index in [1.165, 1.54) is 6.42 Å². The van der Waals surface area contributed by atoms with Crippen molar-refractivity contribution < 1.29 is 9.53 Å². The lowest BCUT2D eigenvalue weighted by molar-refractivity contribution is 0.0937. The monoisotopic (exact) mass is 262 g/mol. The summed E-state index contributed by atoms with van der Waals surface area (Å²) in [4.78, 5) is 12.0. The number of ether oxygens (including phenoxy) is 1. The van der Waals surface area contributed by atoms with Crippen molar-refractivity contribution in [2.75, 3.05) is 13.7 Å². The molecule has 0 saturated heterocycles. The summed E-state index contributed by atoms with van der Waals surface area (Å²) in [5.41, 5.74) is 6.71. The average molecular weight is 262 g/mol. The summed E-state index contributed by atoms with van der Waals surface area (Å²) in [6.45, 7) is 0.553.